The van der Waals surface area contributed by atoms with Gasteiger partial charge in [-0.1, -0.05) is 6.92 Å². The Bertz CT molecular complexity index is 278. The van der Waals surface area contributed by atoms with E-state index in [1.807, 2.05) is 13.2 Å². The smallest absolute Gasteiger partial charge is 0.223 e. The van der Waals surface area contributed by atoms with E-state index in [0.29, 0.717) is 5.92 Å². The van der Waals surface area contributed by atoms with Gasteiger partial charge in [-0.25, -0.2) is 0 Å². The highest BCUT2D eigenvalue weighted by atomic mass is 32.2. The van der Waals surface area contributed by atoms with Gasteiger partial charge in [0.15, 0.2) is 0 Å². The van der Waals surface area contributed by atoms with Crippen LogP contribution in [0.15, 0.2) is 0 Å². The molecule has 1 atom stereocenters. The monoisotopic (exact) mass is 301 g/mol. The summed E-state index contributed by atoms with van der Waals surface area (Å²) in [6.45, 7) is 7.52. The summed E-state index contributed by atoms with van der Waals surface area (Å²) in [5.74, 6) is 1.92. The van der Waals surface area contributed by atoms with Gasteiger partial charge in [-0.15, -0.1) is 0 Å². The molecule has 1 aliphatic rings. The molecular weight excluding hydrogens is 270 g/mol. The number of rotatable bonds is 8. The standard InChI is InChI=1S/C15H31N3OS/c1-13(12-20-4)15(19)16-11-14-5-7-18(8-6-14)10-9-17(2)3/h13-14H,5-12H2,1-4H3,(H,16,19)/t13-/m1/s1. The molecule has 0 bridgehead atoms. The Labute approximate surface area is 128 Å². The maximum absolute atomic E-state index is 11.9. The number of piperidine rings is 1. The molecule has 0 aromatic heterocycles. The average Bonchev–Trinajstić information content (AvgIpc) is 2.43. The summed E-state index contributed by atoms with van der Waals surface area (Å²) in [4.78, 5) is 16.6. The molecule has 0 saturated carbocycles. The molecule has 1 saturated heterocycles. The highest BCUT2D eigenvalue weighted by Gasteiger charge is 2.20. The van der Waals surface area contributed by atoms with Crippen molar-refractivity contribution in [3.05, 3.63) is 0 Å². The summed E-state index contributed by atoms with van der Waals surface area (Å²) in [7, 11) is 4.25. The zero-order valence-corrected chi connectivity index (χ0v) is 14.3. The topological polar surface area (TPSA) is 35.6 Å². The van der Waals surface area contributed by atoms with Gasteiger partial charge in [-0.3, -0.25) is 4.79 Å². The van der Waals surface area contributed by atoms with Crippen LogP contribution >= 0.6 is 11.8 Å². The molecule has 0 unspecified atom stereocenters. The van der Waals surface area contributed by atoms with Crippen LogP contribution in [0, 0.1) is 11.8 Å². The highest BCUT2D eigenvalue weighted by molar-refractivity contribution is 7.98. The molecule has 1 aliphatic heterocycles. The van der Waals surface area contributed by atoms with E-state index < -0.39 is 0 Å². The second-order valence-corrected chi connectivity index (χ2v) is 7.10. The van der Waals surface area contributed by atoms with Gasteiger partial charge < -0.3 is 15.1 Å². The molecule has 0 aliphatic carbocycles. The zero-order valence-electron chi connectivity index (χ0n) is 13.5. The van der Waals surface area contributed by atoms with Crippen molar-refractivity contribution in [1.82, 2.24) is 15.1 Å². The van der Waals surface area contributed by atoms with Gasteiger partial charge in [-0.2, -0.15) is 11.8 Å². The SMILES string of the molecule is CSC[C@@H](C)C(=O)NCC1CCN(CCN(C)C)CC1. The minimum atomic E-state index is 0.130. The number of hydrogen-bond acceptors (Lipinski definition) is 4. The average molecular weight is 302 g/mol. The van der Waals surface area contributed by atoms with E-state index in [0.717, 1.165) is 25.4 Å². The van der Waals surface area contributed by atoms with Crippen molar-refractivity contribution in [2.24, 2.45) is 11.8 Å². The van der Waals surface area contributed by atoms with Crippen LogP contribution in [0.2, 0.25) is 0 Å². The van der Waals surface area contributed by atoms with Gasteiger partial charge >= 0.3 is 0 Å². The second kappa shape index (κ2) is 9.64. The molecule has 4 nitrogen and oxygen atoms in total. The molecule has 118 valence electrons. The third kappa shape index (κ3) is 6.95. The fourth-order valence-corrected chi connectivity index (χ4v) is 3.15. The van der Waals surface area contributed by atoms with E-state index >= 15 is 0 Å². The molecule has 0 spiro atoms. The molecule has 1 fully saturated rings. The van der Waals surface area contributed by atoms with E-state index in [1.54, 1.807) is 11.8 Å². The Balaban J connectivity index is 2.14. The molecule has 0 aromatic carbocycles. The molecule has 1 rings (SSSR count). The Morgan fingerprint density at radius 1 is 1.40 bits per heavy atom. The van der Waals surface area contributed by atoms with Crippen molar-refractivity contribution in [3.63, 3.8) is 0 Å². The van der Waals surface area contributed by atoms with Gasteiger partial charge in [-0.05, 0) is 52.2 Å². The number of amides is 1. The predicted molar refractivity (Wildman–Crippen MR) is 88.3 cm³/mol. The fourth-order valence-electron chi connectivity index (χ4n) is 2.50. The minimum absolute atomic E-state index is 0.130. The van der Waals surface area contributed by atoms with Gasteiger partial charge in [0.2, 0.25) is 5.91 Å². The van der Waals surface area contributed by atoms with E-state index in [1.165, 1.54) is 25.9 Å². The number of likely N-dealkylation sites (N-methyl/N-ethyl adjacent to an activating group) is 1. The van der Waals surface area contributed by atoms with Crippen LogP contribution in [0.3, 0.4) is 0 Å². The molecule has 5 heteroatoms. The van der Waals surface area contributed by atoms with Gasteiger partial charge in [0.25, 0.3) is 0 Å². The first-order valence-corrected chi connectivity index (χ1v) is 9.06. The van der Waals surface area contributed by atoms with Crippen molar-refractivity contribution in [2.45, 2.75) is 19.8 Å². The van der Waals surface area contributed by atoms with Crippen LogP contribution in [0.1, 0.15) is 19.8 Å². The van der Waals surface area contributed by atoms with Crippen LogP contribution in [-0.2, 0) is 4.79 Å². The fraction of sp³-hybridized carbons (Fsp3) is 0.933. The zero-order chi connectivity index (χ0) is 15.0. The largest absolute Gasteiger partial charge is 0.356 e. The molecule has 1 N–H and O–H groups in total. The highest BCUT2D eigenvalue weighted by Crippen LogP contribution is 2.16. The summed E-state index contributed by atoms with van der Waals surface area (Å²) in [6.07, 6.45) is 4.47. The van der Waals surface area contributed by atoms with E-state index in [4.69, 9.17) is 0 Å². The van der Waals surface area contributed by atoms with Crippen LogP contribution in [-0.4, -0.2) is 74.5 Å². The van der Waals surface area contributed by atoms with E-state index in [-0.39, 0.29) is 11.8 Å². The molecule has 1 amide bonds. The van der Waals surface area contributed by atoms with Gasteiger partial charge in [0.05, 0.1) is 0 Å². The van der Waals surface area contributed by atoms with Crippen molar-refractivity contribution >= 4 is 17.7 Å². The Hall–Kier alpha value is -0.260. The molecule has 1 heterocycles. The Morgan fingerprint density at radius 3 is 2.60 bits per heavy atom. The first kappa shape index (κ1) is 17.8. The number of likely N-dealkylation sites (tertiary alicyclic amines) is 1. The van der Waals surface area contributed by atoms with Crippen LogP contribution in [0.4, 0.5) is 0 Å². The minimum Gasteiger partial charge on any atom is -0.356 e. The summed E-state index contributed by atoms with van der Waals surface area (Å²) in [5.41, 5.74) is 0. The Morgan fingerprint density at radius 2 is 2.05 bits per heavy atom. The molecule has 20 heavy (non-hydrogen) atoms. The van der Waals surface area contributed by atoms with Crippen LogP contribution in [0.5, 0.6) is 0 Å². The number of nitrogens with zero attached hydrogens (tertiary/aromatic N) is 2. The van der Waals surface area contributed by atoms with Crippen molar-refractivity contribution in [3.8, 4) is 0 Å². The first-order valence-electron chi connectivity index (χ1n) is 7.66. The summed E-state index contributed by atoms with van der Waals surface area (Å²) >= 11 is 1.74. The summed E-state index contributed by atoms with van der Waals surface area (Å²) in [6, 6.07) is 0. The number of nitrogens with one attached hydrogen (secondary N) is 1. The normalized spacial score (nSPS) is 19.2. The third-order valence-corrected chi connectivity index (χ3v) is 4.83. The number of carbonyl (C=O) groups is 1. The summed E-state index contributed by atoms with van der Waals surface area (Å²) in [5, 5.41) is 3.12. The number of carbonyl (C=O) groups excluding carboxylic acids is 1. The number of hydrogen-bond donors (Lipinski definition) is 1. The lowest BCUT2D eigenvalue weighted by molar-refractivity contribution is -0.124. The van der Waals surface area contributed by atoms with Gasteiger partial charge in [0.1, 0.15) is 0 Å². The molecule has 0 aromatic rings. The predicted octanol–water partition coefficient (Wildman–Crippen LogP) is 1.38. The molecular formula is C15H31N3OS. The lowest BCUT2D eigenvalue weighted by atomic mass is 9.96. The number of thioether (sulfide) groups is 1. The maximum atomic E-state index is 11.9. The quantitative estimate of drug-likeness (QED) is 0.735. The van der Waals surface area contributed by atoms with Crippen molar-refractivity contribution in [2.75, 3.05) is 58.8 Å². The Kier molecular flexibility index (Phi) is 8.57. The molecule has 0 radical (unpaired) electrons. The van der Waals surface area contributed by atoms with Crippen molar-refractivity contribution < 1.29 is 4.79 Å². The lowest BCUT2D eigenvalue weighted by Crippen LogP contribution is -2.42. The lowest BCUT2D eigenvalue weighted by Gasteiger charge is -2.32. The van der Waals surface area contributed by atoms with Crippen LogP contribution < -0.4 is 5.32 Å². The second-order valence-electron chi connectivity index (χ2n) is 6.19. The first-order chi connectivity index (χ1) is 9.52. The maximum Gasteiger partial charge on any atom is 0.223 e. The van der Waals surface area contributed by atoms with Crippen molar-refractivity contribution in [1.29, 1.82) is 0 Å². The van der Waals surface area contributed by atoms with E-state index in [2.05, 4.69) is 29.2 Å². The third-order valence-electron chi connectivity index (χ3n) is 4.00. The van der Waals surface area contributed by atoms with Gasteiger partial charge in [0, 0.05) is 31.3 Å². The summed E-state index contributed by atoms with van der Waals surface area (Å²) < 4.78 is 0. The van der Waals surface area contributed by atoms with E-state index in [9.17, 15) is 4.79 Å². The van der Waals surface area contributed by atoms with Crippen LogP contribution in [0.25, 0.3) is 0 Å².